The highest BCUT2D eigenvalue weighted by atomic mass is 16.5. The topological polar surface area (TPSA) is 52.1 Å². The molecule has 0 aliphatic rings. The van der Waals surface area contributed by atoms with E-state index in [1.165, 1.54) is 0 Å². The standard InChI is InChI=1S/C11H16N2O2/c1-7(2)15-11-6-12-5-10(13-11)8(3)9(4)14/h5-8H,1-4H3. The zero-order chi connectivity index (χ0) is 11.4. The molecule has 0 fully saturated rings. The van der Waals surface area contributed by atoms with Crippen LogP contribution in [0.1, 0.15) is 39.3 Å². The second-order valence-electron chi connectivity index (χ2n) is 3.78. The molecule has 1 rings (SSSR count). The molecule has 0 saturated heterocycles. The van der Waals surface area contributed by atoms with Gasteiger partial charge in [-0.05, 0) is 27.7 Å². The van der Waals surface area contributed by atoms with E-state index in [2.05, 4.69) is 9.97 Å². The number of nitrogens with zero attached hydrogens (tertiary/aromatic N) is 2. The van der Waals surface area contributed by atoms with Crippen molar-refractivity contribution >= 4 is 5.78 Å². The van der Waals surface area contributed by atoms with Crippen molar-refractivity contribution in [3.63, 3.8) is 0 Å². The summed E-state index contributed by atoms with van der Waals surface area (Å²) in [5, 5.41) is 0. The molecular weight excluding hydrogens is 192 g/mol. The van der Waals surface area contributed by atoms with Gasteiger partial charge in [0, 0.05) is 6.20 Å². The molecule has 0 N–H and O–H groups in total. The molecule has 0 amide bonds. The molecule has 4 nitrogen and oxygen atoms in total. The Bertz CT molecular complexity index is 350. The second kappa shape index (κ2) is 4.87. The van der Waals surface area contributed by atoms with Gasteiger partial charge in [0.05, 0.1) is 23.9 Å². The molecule has 82 valence electrons. The first-order valence-electron chi connectivity index (χ1n) is 4.99. The van der Waals surface area contributed by atoms with Gasteiger partial charge < -0.3 is 4.74 Å². The van der Waals surface area contributed by atoms with Crippen LogP contribution in [0.5, 0.6) is 5.88 Å². The van der Waals surface area contributed by atoms with E-state index in [4.69, 9.17) is 4.74 Å². The molecule has 0 radical (unpaired) electrons. The summed E-state index contributed by atoms with van der Waals surface area (Å²) in [6, 6.07) is 0. The largest absolute Gasteiger partial charge is 0.474 e. The van der Waals surface area contributed by atoms with Gasteiger partial charge in [0.2, 0.25) is 5.88 Å². The highest BCUT2D eigenvalue weighted by molar-refractivity contribution is 5.82. The normalized spacial score (nSPS) is 12.6. The van der Waals surface area contributed by atoms with Crippen molar-refractivity contribution in [3.8, 4) is 5.88 Å². The first kappa shape index (κ1) is 11.6. The number of ketones is 1. The molecule has 0 spiro atoms. The lowest BCUT2D eigenvalue weighted by Crippen LogP contribution is -2.11. The predicted octanol–water partition coefficient (Wildman–Crippen LogP) is 1.96. The molecule has 1 unspecified atom stereocenters. The first-order chi connectivity index (χ1) is 7.00. The van der Waals surface area contributed by atoms with E-state index >= 15 is 0 Å². The molecule has 0 aliphatic carbocycles. The quantitative estimate of drug-likeness (QED) is 0.759. The van der Waals surface area contributed by atoms with Crippen LogP contribution in [-0.2, 0) is 4.79 Å². The number of hydrogen-bond acceptors (Lipinski definition) is 4. The molecule has 0 saturated carbocycles. The maximum atomic E-state index is 11.2. The molecule has 0 aromatic carbocycles. The van der Waals surface area contributed by atoms with Crippen molar-refractivity contribution in [3.05, 3.63) is 18.1 Å². The molecule has 1 atom stereocenters. The van der Waals surface area contributed by atoms with Crippen molar-refractivity contribution in [2.75, 3.05) is 0 Å². The molecule has 0 bridgehead atoms. The minimum absolute atomic E-state index is 0.0576. The molecule has 0 aliphatic heterocycles. The zero-order valence-corrected chi connectivity index (χ0v) is 9.52. The molecule has 1 aromatic rings. The average molecular weight is 208 g/mol. The fourth-order valence-electron chi connectivity index (χ4n) is 1.08. The summed E-state index contributed by atoms with van der Waals surface area (Å²) in [5.41, 5.74) is 0.653. The fraction of sp³-hybridized carbons (Fsp3) is 0.545. The van der Waals surface area contributed by atoms with Crippen molar-refractivity contribution in [2.45, 2.75) is 39.7 Å². The van der Waals surface area contributed by atoms with Gasteiger partial charge in [0.15, 0.2) is 0 Å². The van der Waals surface area contributed by atoms with Crippen LogP contribution < -0.4 is 4.74 Å². The predicted molar refractivity (Wildman–Crippen MR) is 56.9 cm³/mol. The maximum Gasteiger partial charge on any atom is 0.232 e. The summed E-state index contributed by atoms with van der Waals surface area (Å²) in [6.07, 6.45) is 3.21. The van der Waals surface area contributed by atoms with E-state index in [0.29, 0.717) is 11.6 Å². The Kier molecular flexibility index (Phi) is 3.77. The van der Waals surface area contributed by atoms with Gasteiger partial charge in [-0.3, -0.25) is 9.78 Å². The average Bonchev–Trinajstić information content (AvgIpc) is 2.16. The van der Waals surface area contributed by atoms with E-state index in [-0.39, 0.29) is 17.8 Å². The summed E-state index contributed by atoms with van der Waals surface area (Å²) in [7, 11) is 0. The SMILES string of the molecule is CC(=O)C(C)c1cncc(OC(C)C)n1. The third-order valence-corrected chi connectivity index (χ3v) is 2.04. The fourth-order valence-corrected chi connectivity index (χ4v) is 1.08. The Morgan fingerprint density at radius 2 is 2.00 bits per heavy atom. The zero-order valence-electron chi connectivity index (χ0n) is 9.52. The maximum absolute atomic E-state index is 11.2. The van der Waals surface area contributed by atoms with Crippen molar-refractivity contribution in [1.29, 1.82) is 0 Å². The molecule has 4 heteroatoms. The van der Waals surface area contributed by atoms with Gasteiger partial charge in [0.25, 0.3) is 0 Å². The van der Waals surface area contributed by atoms with Gasteiger partial charge in [-0.25, -0.2) is 4.98 Å². The Morgan fingerprint density at radius 3 is 2.53 bits per heavy atom. The lowest BCUT2D eigenvalue weighted by molar-refractivity contribution is -0.118. The first-order valence-corrected chi connectivity index (χ1v) is 4.99. The van der Waals surface area contributed by atoms with Crippen molar-refractivity contribution < 1.29 is 9.53 Å². The minimum atomic E-state index is -0.229. The van der Waals surface area contributed by atoms with Crippen LogP contribution in [0.3, 0.4) is 0 Å². The molecule has 1 heterocycles. The Hall–Kier alpha value is -1.45. The van der Waals surface area contributed by atoms with Gasteiger partial charge in [-0.15, -0.1) is 0 Å². The van der Waals surface area contributed by atoms with Crippen LogP contribution in [0.2, 0.25) is 0 Å². The summed E-state index contributed by atoms with van der Waals surface area (Å²) >= 11 is 0. The van der Waals surface area contributed by atoms with E-state index in [1.54, 1.807) is 19.3 Å². The van der Waals surface area contributed by atoms with E-state index < -0.39 is 0 Å². The lowest BCUT2D eigenvalue weighted by Gasteiger charge is -2.11. The smallest absolute Gasteiger partial charge is 0.232 e. The minimum Gasteiger partial charge on any atom is -0.474 e. The van der Waals surface area contributed by atoms with E-state index in [0.717, 1.165) is 0 Å². The monoisotopic (exact) mass is 208 g/mol. The summed E-state index contributed by atoms with van der Waals surface area (Å²) in [5.74, 6) is 0.315. The van der Waals surface area contributed by atoms with Crippen LogP contribution in [0.15, 0.2) is 12.4 Å². The lowest BCUT2D eigenvalue weighted by atomic mass is 10.0. The van der Waals surface area contributed by atoms with Gasteiger partial charge in [0.1, 0.15) is 5.78 Å². The number of Topliss-reactive ketones (excluding diaryl/α,β-unsaturated/α-hetero) is 1. The van der Waals surface area contributed by atoms with E-state index in [9.17, 15) is 4.79 Å². The second-order valence-corrected chi connectivity index (χ2v) is 3.78. The van der Waals surface area contributed by atoms with Crippen LogP contribution in [0, 0.1) is 0 Å². The van der Waals surface area contributed by atoms with Crippen LogP contribution >= 0.6 is 0 Å². The van der Waals surface area contributed by atoms with E-state index in [1.807, 2.05) is 20.8 Å². The number of aromatic nitrogens is 2. The van der Waals surface area contributed by atoms with Crippen molar-refractivity contribution in [2.24, 2.45) is 0 Å². The number of ether oxygens (including phenoxy) is 1. The molecular formula is C11H16N2O2. The highest BCUT2D eigenvalue weighted by Gasteiger charge is 2.13. The summed E-state index contributed by atoms with van der Waals surface area (Å²) in [6.45, 7) is 7.19. The van der Waals surface area contributed by atoms with Crippen LogP contribution in [0.25, 0.3) is 0 Å². The highest BCUT2D eigenvalue weighted by Crippen LogP contribution is 2.16. The van der Waals surface area contributed by atoms with Gasteiger partial charge in [-0.1, -0.05) is 0 Å². The Morgan fingerprint density at radius 1 is 1.33 bits per heavy atom. The Balaban J connectivity index is 2.87. The summed E-state index contributed by atoms with van der Waals surface area (Å²) < 4.78 is 5.40. The Labute approximate surface area is 89.7 Å². The number of carbonyl (C=O) groups is 1. The summed E-state index contributed by atoms with van der Waals surface area (Å²) in [4.78, 5) is 19.4. The number of hydrogen-bond donors (Lipinski definition) is 0. The van der Waals surface area contributed by atoms with Crippen molar-refractivity contribution in [1.82, 2.24) is 9.97 Å². The van der Waals surface area contributed by atoms with Gasteiger partial charge in [-0.2, -0.15) is 0 Å². The van der Waals surface area contributed by atoms with Crippen LogP contribution in [0.4, 0.5) is 0 Å². The molecule has 15 heavy (non-hydrogen) atoms. The number of rotatable bonds is 4. The van der Waals surface area contributed by atoms with Crippen LogP contribution in [-0.4, -0.2) is 21.9 Å². The third-order valence-electron chi connectivity index (χ3n) is 2.04. The number of carbonyl (C=O) groups excluding carboxylic acids is 1. The van der Waals surface area contributed by atoms with Gasteiger partial charge >= 0.3 is 0 Å². The third kappa shape index (κ3) is 3.31. The molecule has 1 aromatic heterocycles.